The van der Waals surface area contributed by atoms with E-state index in [4.69, 9.17) is 4.74 Å². The highest BCUT2D eigenvalue weighted by molar-refractivity contribution is 5.94. The Morgan fingerprint density at radius 1 is 1.22 bits per heavy atom. The van der Waals surface area contributed by atoms with Gasteiger partial charge in [0.15, 0.2) is 0 Å². The number of ether oxygens (including phenoxy) is 1. The molecule has 5 heteroatoms. The minimum absolute atomic E-state index is 0.0587. The highest BCUT2D eigenvalue weighted by atomic mass is 16.5. The predicted molar refractivity (Wildman–Crippen MR) is 107 cm³/mol. The summed E-state index contributed by atoms with van der Waals surface area (Å²) >= 11 is 0. The van der Waals surface area contributed by atoms with Gasteiger partial charge in [-0.15, -0.1) is 0 Å². The van der Waals surface area contributed by atoms with Crippen molar-refractivity contribution < 1.29 is 14.3 Å². The number of esters is 1. The van der Waals surface area contributed by atoms with Crippen molar-refractivity contribution in [3.05, 3.63) is 59.2 Å². The fraction of sp³-hybridized carbons (Fsp3) is 0.364. The van der Waals surface area contributed by atoms with Crippen LogP contribution in [0.5, 0.6) is 0 Å². The number of anilines is 2. The summed E-state index contributed by atoms with van der Waals surface area (Å²) < 4.78 is 5.07. The molecule has 2 unspecified atom stereocenters. The number of hydrogen-bond acceptors (Lipinski definition) is 4. The number of carbonyl (C=O) groups excluding carboxylic acids is 2. The molecule has 0 saturated heterocycles. The van der Waals surface area contributed by atoms with Gasteiger partial charge in [0.05, 0.1) is 18.2 Å². The van der Waals surface area contributed by atoms with E-state index in [0.29, 0.717) is 12.2 Å². The largest absolute Gasteiger partial charge is 0.462 e. The molecular weight excluding hydrogens is 340 g/mol. The normalized spacial score (nSPS) is 18.6. The van der Waals surface area contributed by atoms with Crippen LogP contribution in [-0.2, 0) is 9.53 Å². The van der Waals surface area contributed by atoms with Crippen LogP contribution >= 0.6 is 0 Å². The number of aryl methyl sites for hydroxylation is 1. The Balaban J connectivity index is 1.88. The molecular formula is C22H26N2O3. The lowest BCUT2D eigenvalue weighted by Crippen LogP contribution is -2.43. The second-order valence-corrected chi connectivity index (χ2v) is 6.98. The van der Waals surface area contributed by atoms with E-state index in [9.17, 15) is 9.59 Å². The fourth-order valence-electron chi connectivity index (χ4n) is 3.78. The van der Waals surface area contributed by atoms with Crippen LogP contribution in [0.15, 0.2) is 42.5 Å². The average molecular weight is 366 g/mol. The number of nitrogens with one attached hydrogen (secondary N) is 1. The summed E-state index contributed by atoms with van der Waals surface area (Å²) in [6.07, 6.45) is 0.815. The number of fused-ring (bicyclic) bond motifs is 1. The van der Waals surface area contributed by atoms with Crippen molar-refractivity contribution in [1.82, 2.24) is 0 Å². The lowest BCUT2D eigenvalue weighted by atomic mass is 9.91. The summed E-state index contributed by atoms with van der Waals surface area (Å²) in [7, 11) is 0. The maximum absolute atomic E-state index is 12.1. The van der Waals surface area contributed by atoms with Crippen molar-refractivity contribution >= 4 is 23.3 Å². The third kappa shape index (κ3) is 3.82. The van der Waals surface area contributed by atoms with E-state index >= 15 is 0 Å². The smallest absolute Gasteiger partial charge is 0.338 e. The van der Waals surface area contributed by atoms with E-state index < -0.39 is 0 Å². The number of rotatable bonds is 4. The van der Waals surface area contributed by atoms with Crippen molar-refractivity contribution in [3.63, 3.8) is 0 Å². The SMILES string of the molecule is CCOC(=O)c1ccc(NC2CC(C)N(C(C)=O)c3ccccc32)c(C)c1. The van der Waals surface area contributed by atoms with Gasteiger partial charge >= 0.3 is 5.97 Å². The van der Waals surface area contributed by atoms with E-state index in [-0.39, 0.29) is 24.0 Å². The Morgan fingerprint density at radius 3 is 2.63 bits per heavy atom. The zero-order valence-corrected chi connectivity index (χ0v) is 16.3. The topological polar surface area (TPSA) is 58.6 Å². The first-order valence-corrected chi connectivity index (χ1v) is 9.35. The molecule has 0 spiro atoms. The van der Waals surface area contributed by atoms with Gasteiger partial charge in [-0.25, -0.2) is 4.79 Å². The van der Waals surface area contributed by atoms with Gasteiger partial charge in [-0.1, -0.05) is 18.2 Å². The molecule has 1 amide bonds. The van der Waals surface area contributed by atoms with Crippen molar-refractivity contribution in [2.24, 2.45) is 0 Å². The maximum Gasteiger partial charge on any atom is 0.338 e. The van der Waals surface area contributed by atoms with Gasteiger partial charge in [-0.2, -0.15) is 0 Å². The first-order valence-electron chi connectivity index (χ1n) is 9.35. The lowest BCUT2D eigenvalue weighted by Gasteiger charge is -2.39. The van der Waals surface area contributed by atoms with E-state index in [1.165, 1.54) is 0 Å². The van der Waals surface area contributed by atoms with Gasteiger partial charge < -0.3 is 15.0 Å². The van der Waals surface area contributed by atoms with Gasteiger partial charge in [0.1, 0.15) is 0 Å². The molecule has 2 aromatic carbocycles. The highest BCUT2D eigenvalue weighted by Gasteiger charge is 2.32. The molecule has 2 aromatic rings. The molecule has 3 rings (SSSR count). The van der Waals surface area contributed by atoms with Gasteiger partial charge in [-0.3, -0.25) is 4.79 Å². The Kier molecular flexibility index (Phi) is 5.49. The zero-order valence-electron chi connectivity index (χ0n) is 16.3. The third-order valence-corrected chi connectivity index (χ3v) is 5.00. The molecule has 5 nitrogen and oxygen atoms in total. The van der Waals surface area contributed by atoms with Crippen LogP contribution in [0.2, 0.25) is 0 Å². The molecule has 0 bridgehead atoms. The lowest BCUT2D eigenvalue weighted by molar-refractivity contribution is -0.117. The molecule has 0 aromatic heterocycles. The van der Waals surface area contributed by atoms with Crippen molar-refractivity contribution in [2.45, 2.75) is 46.2 Å². The fourth-order valence-corrected chi connectivity index (χ4v) is 3.78. The maximum atomic E-state index is 12.1. The average Bonchev–Trinajstić information content (AvgIpc) is 2.63. The number of hydrogen-bond donors (Lipinski definition) is 1. The van der Waals surface area contributed by atoms with Crippen LogP contribution in [0.1, 0.15) is 54.7 Å². The second kappa shape index (κ2) is 7.82. The Hall–Kier alpha value is -2.82. The van der Waals surface area contributed by atoms with Crippen LogP contribution in [0.3, 0.4) is 0 Å². The minimum Gasteiger partial charge on any atom is -0.462 e. The van der Waals surface area contributed by atoms with Crippen LogP contribution < -0.4 is 10.2 Å². The van der Waals surface area contributed by atoms with Crippen LogP contribution in [0.25, 0.3) is 0 Å². The van der Waals surface area contributed by atoms with Crippen molar-refractivity contribution in [1.29, 1.82) is 0 Å². The van der Waals surface area contributed by atoms with Crippen LogP contribution in [-0.4, -0.2) is 24.5 Å². The summed E-state index contributed by atoms with van der Waals surface area (Å²) in [5.41, 5.74) is 4.59. The summed E-state index contributed by atoms with van der Waals surface area (Å²) in [5, 5.41) is 3.60. The number of nitrogens with zero attached hydrogens (tertiary/aromatic N) is 1. The molecule has 0 radical (unpaired) electrons. The van der Waals surface area contributed by atoms with Crippen LogP contribution in [0.4, 0.5) is 11.4 Å². The standard InChI is InChI=1S/C22H26N2O3/c1-5-27-22(26)17-10-11-19(14(2)12-17)23-20-13-15(3)24(16(4)25)21-9-7-6-8-18(20)21/h6-12,15,20,23H,5,13H2,1-4H3. The Bertz CT molecular complexity index is 862. The second-order valence-electron chi connectivity index (χ2n) is 6.98. The van der Waals surface area contributed by atoms with Gasteiger partial charge in [0.2, 0.25) is 5.91 Å². The van der Waals surface area contributed by atoms with Gasteiger partial charge in [-0.05, 0) is 62.6 Å². The number of amides is 1. The molecule has 0 saturated carbocycles. The van der Waals surface area contributed by atoms with Crippen LogP contribution in [0, 0.1) is 6.92 Å². The number of carbonyl (C=O) groups is 2. The molecule has 1 heterocycles. The molecule has 1 aliphatic heterocycles. The molecule has 2 atom stereocenters. The molecule has 1 N–H and O–H groups in total. The summed E-state index contributed by atoms with van der Waals surface area (Å²) in [4.78, 5) is 25.9. The van der Waals surface area contributed by atoms with E-state index in [2.05, 4.69) is 18.3 Å². The van der Waals surface area contributed by atoms with E-state index in [0.717, 1.165) is 28.9 Å². The molecule has 27 heavy (non-hydrogen) atoms. The summed E-state index contributed by atoms with van der Waals surface area (Å²) in [5.74, 6) is -0.246. The Labute approximate surface area is 160 Å². The van der Waals surface area contributed by atoms with E-state index in [1.807, 2.05) is 42.2 Å². The van der Waals surface area contributed by atoms with Crippen molar-refractivity contribution in [2.75, 3.05) is 16.8 Å². The van der Waals surface area contributed by atoms with Gasteiger partial charge in [0.25, 0.3) is 0 Å². The monoisotopic (exact) mass is 366 g/mol. The van der Waals surface area contributed by atoms with Crippen molar-refractivity contribution in [3.8, 4) is 0 Å². The summed E-state index contributed by atoms with van der Waals surface area (Å²) in [6.45, 7) is 7.82. The quantitative estimate of drug-likeness (QED) is 0.811. The molecule has 0 aliphatic carbocycles. The first kappa shape index (κ1) is 19.0. The van der Waals surface area contributed by atoms with E-state index in [1.54, 1.807) is 19.9 Å². The third-order valence-electron chi connectivity index (χ3n) is 5.00. The Morgan fingerprint density at radius 2 is 1.96 bits per heavy atom. The minimum atomic E-state index is -0.305. The highest BCUT2D eigenvalue weighted by Crippen LogP contribution is 2.39. The number of para-hydroxylation sites is 1. The summed E-state index contributed by atoms with van der Waals surface area (Å²) in [6, 6.07) is 13.8. The predicted octanol–water partition coefficient (Wildman–Crippen LogP) is 4.47. The number of benzene rings is 2. The first-order chi connectivity index (χ1) is 12.9. The molecule has 1 aliphatic rings. The van der Waals surface area contributed by atoms with Gasteiger partial charge in [0, 0.05) is 24.3 Å². The molecule has 142 valence electrons. The zero-order chi connectivity index (χ0) is 19.6. The molecule has 0 fully saturated rings.